The smallest absolute Gasteiger partial charge is 0.197 e. The van der Waals surface area contributed by atoms with Crippen LogP contribution < -0.4 is 44.6 Å². The maximum Gasteiger partial charge on any atom is 0.197 e. The van der Waals surface area contributed by atoms with Gasteiger partial charge in [0, 0.05) is 6.42 Å². The van der Waals surface area contributed by atoms with E-state index in [1.54, 1.807) is 0 Å². The summed E-state index contributed by atoms with van der Waals surface area (Å²) >= 11 is 0. The minimum atomic E-state index is -0.592. The Balaban J connectivity index is 0. The lowest BCUT2D eigenvalue weighted by atomic mass is 10.3. The molecule has 0 bridgehead atoms. The highest BCUT2D eigenvalue weighted by atomic mass is 79.9. The van der Waals surface area contributed by atoms with Crippen LogP contribution in [0.5, 0.6) is 0 Å². The van der Waals surface area contributed by atoms with E-state index >= 15 is 0 Å². The molecular weight excluding hydrogens is 279 g/mol. The van der Waals surface area contributed by atoms with Gasteiger partial charge < -0.3 is 44.6 Å². The maximum absolute atomic E-state index is 12.6. The summed E-state index contributed by atoms with van der Waals surface area (Å²) in [6.07, 6.45) is 0.623. The molecule has 0 amide bonds. The lowest BCUT2D eigenvalue weighted by Gasteiger charge is -2.09. The second-order valence-corrected chi connectivity index (χ2v) is 2.58. The monoisotopic (exact) mass is 292 g/mol. The molecule has 1 aliphatic heterocycles. The molecule has 1 fully saturated rings. The van der Waals surface area contributed by atoms with Crippen LogP contribution in [0.2, 0.25) is 0 Å². The van der Waals surface area contributed by atoms with Gasteiger partial charge in [-0.3, -0.25) is 0 Å². The first-order valence-corrected chi connectivity index (χ1v) is 3.67. The highest BCUT2D eigenvalue weighted by Crippen LogP contribution is 1.79. The van der Waals surface area contributed by atoms with Crippen molar-refractivity contribution in [2.45, 2.75) is 12.6 Å². The lowest BCUT2D eigenvalue weighted by molar-refractivity contribution is -0.712. The minimum absolute atomic E-state index is 0. The van der Waals surface area contributed by atoms with Crippen LogP contribution in [0.4, 0.5) is 4.39 Å². The molecule has 0 atom stereocenters. The first kappa shape index (κ1) is 14.3. The summed E-state index contributed by atoms with van der Waals surface area (Å²) in [4.78, 5) is 0. The Morgan fingerprint density at radius 1 is 1.00 bits per heavy atom. The summed E-state index contributed by atoms with van der Waals surface area (Å²) in [5.74, 6) is 0. The lowest BCUT2D eigenvalue weighted by Crippen LogP contribution is -3.00. The van der Waals surface area contributed by atoms with Crippen molar-refractivity contribution in [1.29, 1.82) is 0 Å². The fraction of sp³-hybridized carbons (Fsp3) is 1.00. The Labute approximate surface area is 87.8 Å². The van der Waals surface area contributed by atoms with Gasteiger partial charge in [-0.05, 0) is 0 Å². The molecule has 0 saturated carbocycles. The Kier molecular flexibility index (Phi) is 11.6. The molecule has 11 heavy (non-hydrogen) atoms. The van der Waals surface area contributed by atoms with Crippen LogP contribution in [-0.4, -0.2) is 32.4 Å². The molecular formula is C6H15Br2FN2. The van der Waals surface area contributed by atoms with Crippen LogP contribution >= 0.6 is 0 Å². The van der Waals surface area contributed by atoms with Crippen LogP contribution in [0.15, 0.2) is 0 Å². The van der Waals surface area contributed by atoms with Gasteiger partial charge in [0.15, 0.2) is 6.17 Å². The first-order chi connectivity index (χ1) is 4.39. The Morgan fingerprint density at radius 2 is 1.45 bits per heavy atom. The molecule has 1 rings (SSSR count). The Morgan fingerprint density at radius 3 is 1.91 bits per heavy atom. The third-order valence-electron chi connectivity index (χ3n) is 1.66. The van der Waals surface area contributed by atoms with Crippen molar-refractivity contribution >= 4 is 0 Å². The highest BCUT2D eigenvalue weighted by molar-refractivity contribution is 4.47. The predicted octanol–water partition coefficient (Wildman–Crippen LogP) is -8.14. The van der Waals surface area contributed by atoms with Crippen LogP contribution in [0.3, 0.4) is 0 Å². The van der Waals surface area contributed by atoms with Crippen molar-refractivity contribution in [2.75, 3.05) is 26.2 Å². The number of quaternary nitrogens is 2. The van der Waals surface area contributed by atoms with Gasteiger partial charge in [0.2, 0.25) is 0 Å². The molecule has 0 unspecified atom stereocenters. The van der Waals surface area contributed by atoms with Gasteiger partial charge in [-0.1, -0.05) is 0 Å². The molecule has 0 aliphatic carbocycles. The molecule has 1 saturated heterocycles. The normalized spacial score (nSPS) is 20.5. The van der Waals surface area contributed by atoms with E-state index in [1.165, 1.54) is 6.42 Å². The molecule has 0 radical (unpaired) electrons. The van der Waals surface area contributed by atoms with Crippen molar-refractivity contribution in [3.63, 3.8) is 0 Å². The summed E-state index contributed by atoms with van der Waals surface area (Å²) in [7, 11) is 0. The zero-order valence-corrected chi connectivity index (χ0v) is 9.57. The molecule has 0 spiro atoms. The quantitative estimate of drug-likeness (QED) is 0.445. The third-order valence-corrected chi connectivity index (χ3v) is 1.66. The van der Waals surface area contributed by atoms with Crippen molar-refractivity contribution in [1.82, 2.24) is 0 Å². The molecule has 70 valence electrons. The van der Waals surface area contributed by atoms with Crippen LogP contribution in [-0.2, 0) is 0 Å². The van der Waals surface area contributed by atoms with E-state index in [9.17, 15) is 4.39 Å². The van der Waals surface area contributed by atoms with Gasteiger partial charge in [-0.15, -0.1) is 0 Å². The molecule has 5 heteroatoms. The third kappa shape index (κ3) is 7.18. The SMILES string of the molecule is FC1C[NH2+]CCC[NH2+]C1.[Br-].[Br-]. The molecule has 0 aromatic rings. The van der Waals surface area contributed by atoms with Gasteiger partial charge in [0.05, 0.1) is 13.1 Å². The molecule has 1 aliphatic rings. The average Bonchev–Trinajstić information content (AvgIpc) is 1.79. The first-order valence-electron chi connectivity index (χ1n) is 3.67. The summed E-state index contributed by atoms with van der Waals surface area (Å²) in [5.41, 5.74) is 0. The van der Waals surface area contributed by atoms with E-state index in [2.05, 4.69) is 10.6 Å². The second kappa shape index (κ2) is 8.90. The van der Waals surface area contributed by atoms with E-state index < -0.39 is 6.17 Å². The van der Waals surface area contributed by atoms with Crippen LogP contribution in [0.1, 0.15) is 6.42 Å². The molecule has 4 N–H and O–H groups in total. The highest BCUT2D eigenvalue weighted by Gasteiger charge is 2.12. The van der Waals surface area contributed by atoms with Gasteiger partial charge in [-0.2, -0.15) is 0 Å². The molecule has 0 aromatic heterocycles. The topological polar surface area (TPSA) is 33.2 Å². The Bertz CT molecular complexity index is 77.0. The molecule has 2 nitrogen and oxygen atoms in total. The average molecular weight is 294 g/mol. The fourth-order valence-electron chi connectivity index (χ4n) is 1.10. The minimum Gasteiger partial charge on any atom is -1.00 e. The zero-order valence-electron chi connectivity index (χ0n) is 6.40. The second-order valence-electron chi connectivity index (χ2n) is 2.58. The van der Waals surface area contributed by atoms with Gasteiger partial charge in [0.1, 0.15) is 13.1 Å². The number of nitrogens with two attached hydrogens (primary N) is 2. The van der Waals surface area contributed by atoms with Crippen molar-refractivity contribution < 1.29 is 49.0 Å². The summed E-state index contributed by atoms with van der Waals surface area (Å²) in [6, 6.07) is 0. The van der Waals surface area contributed by atoms with Gasteiger partial charge in [0.25, 0.3) is 0 Å². The van der Waals surface area contributed by atoms with Gasteiger partial charge >= 0.3 is 0 Å². The maximum atomic E-state index is 12.6. The van der Waals surface area contributed by atoms with E-state index in [0.29, 0.717) is 13.1 Å². The predicted molar refractivity (Wildman–Crippen MR) is 32.8 cm³/mol. The van der Waals surface area contributed by atoms with Crippen LogP contribution in [0.25, 0.3) is 0 Å². The van der Waals surface area contributed by atoms with E-state index in [0.717, 1.165) is 13.1 Å². The summed E-state index contributed by atoms with van der Waals surface area (Å²) < 4.78 is 12.6. The number of alkyl halides is 1. The fourth-order valence-corrected chi connectivity index (χ4v) is 1.10. The molecule has 1 heterocycles. The van der Waals surface area contributed by atoms with Crippen molar-refractivity contribution in [2.24, 2.45) is 0 Å². The standard InChI is InChI=1S/C6H13FN2.2BrH/c7-6-4-8-2-1-3-9-5-6;;/h6,8-9H,1-5H2;2*1H. The molecule has 0 aromatic carbocycles. The van der Waals surface area contributed by atoms with Crippen LogP contribution in [0, 0.1) is 0 Å². The van der Waals surface area contributed by atoms with E-state index in [-0.39, 0.29) is 34.0 Å². The number of halogens is 3. The Hall–Kier alpha value is 0.810. The van der Waals surface area contributed by atoms with Gasteiger partial charge in [-0.25, -0.2) is 4.39 Å². The van der Waals surface area contributed by atoms with Crippen molar-refractivity contribution in [3.8, 4) is 0 Å². The van der Waals surface area contributed by atoms with Crippen molar-refractivity contribution in [3.05, 3.63) is 0 Å². The largest absolute Gasteiger partial charge is 1.00 e. The summed E-state index contributed by atoms with van der Waals surface area (Å²) in [6.45, 7) is 3.51. The number of hydrogen-bond acceptors (Lipinski definition) is 0. The number of hydrogen-bond donors (Lipinski definition) is 2. The summed E-state index contributed by atoms with van der Waals surface area (Å²) in [5, 5.41) is 4.13. The number of rotatable bonds is 0. The van der Waals surface area contributed by atoms with E-state index in [1.807, 2.05) is 0 Å². The van der Waals surface area contributed by atoms with E-state index in [4.69, 9.17) is 0 Å². The zero-order chi connectivity index (χ0) is 6.53.